The predicted molar refractivity (Wildman–Crippen MR) is 110 cm³/mol. The van der Waals surface area contributed by atoms with Crippen LogP contribution in [0.5, 0.6) is 5.75 Å². The number of methoxy groups -OCH3 is 1. The molecule has 0 bridgehead atoms. The molecule has 0 aliphatic carbocycles. The van der Waals surface area contributed by atoms with Gasteiger partial charge in [-0.1, -0.05) is 35.9 Å². The highest BCUT2D eigenvalue weighted by molar-refractivity contribution is 7.89. The fourth-order valence-electron chi connectivity index (χ4n) is 3.31. The molecule has 2 aromatic rings. The zero-order chi connectivity index (χ0) is 21.0. The predicted octanol–water partition coefficient (Wildman–Crippen LogP) is 1.14. The maximum atomic E-state index is 12.5. The highest BCUT2D eigenvalue weighted by Gasteiger charge is 2.31. The van der Waals surface area contributed by atoms with Gasteiger partial charge in [-0.15, -0.1) is 0 Å². The van der Waals surface area contributed by atoms with Crippen molar-refractivity contribution in [1.29, 1.82) is 0 Å². The molecule has 9 heteroatoms. The minimum atomic E-state index is -3.67. The Labute approximate surface area is 171 Å². The Morgan fingerprint density at radius 1 is 1.21 bits per heavy atom. The van der Waals surface area contributed by atoms with Crippen molar-refractivity contribution < 1.29 is 17.9 Å². The number of hydrogen-bond donors (Lipinski definition) is 4. The van der Waals surface area contributed by atoms with Gasteiger partial charge in [0.15, 0.2) is 0 Å². The zero-order valence-corrected chi connectivity index (χ0v) is 17.5. The van der Waals surface area contributed by atoms with Crippen LogP contribution >= 0.6 is 0 Å². The van der Waals surface area contributed by atoms with Crippen LogP contribution in [0.4, 0.5) is 0 Å². The van der Waals surface area contributed by atoms with E-state index in [-0.39, 0.29) is 22.6 Å². The maximum Gasteiger partial charge on any atom is 0.244 e. The molecule has 156 valence electrons. The number of benzene rings is 2. The van der Waals surface area contributed by atoms with E-state index in [4.69, 9.17) is 4.74 Å². The number of carbonyl (C=O) groups is 1. The molecule has 0 radical (unpaired) electrons. The van der Waals surface area contributed by atoms with Gasteiger partial charge in [0.25, 0.3) is 0 Å². The lowest BCUT2D eigenvalue weighted by atomic mass is 10.0. The number of hydrazine groups is 1. The van der Waals surface area contributed by atoms with E-state index in [9.17, 15) is 13.2 Å². The highest BCUT2D eigenvalue weighted by Crippen LogP contribution is 2.30. The van der Waals surface area contributed by atoms with E-state index in [1.807, 2.05) is 31.2 Å². The molecule has 0 spiro atoms. The van der Waals surface area contributed by atoms with Gasteiger partial charge in [0.2, 0.25) is 15.9 Å². The topological polar surface area (TPSA) is 109 Å². The fraction of sp³-hybridized carbons (Fsp3) is 0.350. The SMILES string of the molecule is CNS(=O)(=O)c1cc(C2CC(C(=O)NCc3cccc(C)c3)NN2)ccc1OC. The van der Waals surface area contributed by atoms with Gasteiger partial charge in [-0.05, 0) is 43.7 Å². The Kier molecular flexibility index (Phi) is 6.53. The fourth-order valence-corrected chi connectivity index (χ4v) is 4.24. The van der Waals surface area contributed by atoms with Crippen LogP contribution in [0.3, 0.4) is 0 Å². The van der Waals surface area contributed by atoms with Gasteiger partial charge in [-0.2, -0.15) is 0 Å². The molecule has 2 aromatic carbocycles. The molecule has 0 saturated carbocycles. The van der Waals surface area contributed by atoms with E-state index in [2.05, 4.69) is 20.9 Å². The first-order valence-electron chi connectivity index (χ1n) is 9.30. The number of nitrogens with one attached hydrogen (secondary N) is 4. The molecule has 0 aromatic heterocycles. The van der Waals surface area contributed by atoms with Crippen LogP contribution in [-0.2, 0) is 21.4 Å². The van der Waals surface area contributed by atoms with Crippen LogP contribution in [-0.4, -0.2) is 34.5 Å². The standard InChI is InChI=1S/C20H26N4O4S/c1-13-5-4-6-14(9-13)12-22-20(25)17-11-16(23-24-17)15-7-8-18(28-3)19(10-15)29(26,27)21-2/h4-10,16-17,21,23-24H,11-12H2,1-3H3,(H,22,25). The van der Waals surface area contributed by atoms with Gasteiger partial charge < -0.3 is 10.1 Å². The summed E-state index contributed by atoms with van der Waals surface area (Å²) in [4.78, 5) is 12.6. The Morgan fingerprint density at radius 2 is 2.00 bits per heavy atom. The lowest BCUT2D eigenvalue weighted by molar-refractivity contribution is -0.123. The third-order valence-corrected chi connectivity index (χ3v) is 6.35. The van der Waals surface area contributed by atoms with Crippen LogP contribution < -0.4 is 25.6 Å². The third kappa shape index (κ3) is 4.94. The largest absolute Gasteiger partial charge is 0.495 e. The molecule has 1 heterocycles. The van der Waals surface area contributed by atoms with Gasteiger partial charge in [0.05, 0.1) is 7.11 Å². The second-order valence-electron chi connectivity index (χ2n) is 6.95. The summed E-state index contributed by atoms with van der Waals surface area (Å²) < 4.78 is 32.0. The van der Waals surface area contributed by atoms with Gasteiger partial charge in [0, 0.05) is 12.6 Å². The number of ether oxygens (including phenoxy) is 1. The average Bonchev–Trinajstić information content (AvgIpc) is 3.22. The van der Waals surface area contributed by atoms with E-state index in [1.54, 1.807) is 18.2 Å². The molecular formula is C20H26N4O4S. The lowest BCUT2D eigenvalue weighted by Gasteiger charge is -2.14. The van der Waals surface area contributed by atoms with Crippen LogP contribution in [0.15, 0.2) is 47.4 Å². The smallest absolute Gasteiger partial charge is 0.244 e. The van der Waals surface area contributed by atoms with Crippen molar-refractivity contribution >= 4 is 15.9 Å². The average molecular weight is 419 g/mol. The maximum absolute atomic E-state index is 12.5. The van der Waals surface area contributed by atoms with E-state index in [0.29, 0.717) is 13.0 Å². The van der Waals surface area contributed by atoms with Crippen molar-refractivity contribution in [1.82, 2.24) is 20.9 Å². The first-order chi connectivity index (χ1) is 13.8. The highest BCUT2D eigenvalue weighted by atomic mass is 32.2. The van der Waals surface area contributed by atoms with Crippen molar-refractivity contribution in [2.45, 2.75) is 36.9 Å². The molecule has 3 rings (SSSR count). The Bertz CT molecular complexity index is 994. The van der Waals surface area contributed by atoms with E-state index in [1.165, 1.54) is 14.2 Å². The quantitative estimate of drug-likeness (QED) is 0.537. The van der Waals surface area contributed by atoms with Crippen LogP contribution in [0.2, 0.25) is 0 Å². The van der Waals surface area contributed by atoms with Crippen LogP contribution in [0.25, 0.3) is 0 Å². The molecule has 1 amide bonds. The summed E-state index contributed by atoms with van der Waals surface area (Å²) in [6.45, 7) is 2.46. The number of carbonyl (C=O) groups excluding carboxylic acids is 1. The number of aryl methyl sites for hydroxylation is 1. The molecule has 1 saturated heterocycles. The zero-order valence-electron chi connectivity index (χ0n) is 16.7. The third-order valence-electron chi connectivity index (χ3n) is 4.92. The minimum absolute atomic E-state index is 0.0640. The molecule has 2 atom stereocenters. The first-order valence-corrected chi connectivity index (χ1v) is 10.8. The van der Waals surface area contributed by atoms with E-state index >= 15 is 0 Å². The van der Waals surface area contributed by atoms with Crippen LogP contribution in [0.1, 0.15) is 29.2 Å². The molecule has 8 nitrogen and oxygen atoms in total. The second-order valence-corrected chi connectivity index (χ2v) is 8.81. The Morgan fingerprint density at radius 3 is 2.69 bits per heavy atom. The molecule has 29 heavy (non-hydrogen) atoms. The summed E-state index contributed by atoms with van der Waals surface area (Å²) in [6, 6.07) is 12.3. The van der Waals surface area contributed by atoms with Crippen LogP contribution in [0, 0.1) is 6.92 Å². The molecular weight excluding hydrogens is 392 g/mol. The monoisotopic (exact) mass is 418 g/mol. The van der Waals surface area contributed by atoms with Gasteiger partial charge >= 0.3 is 0 Å². The first kappa shape index (κ1) is 21.3. The van der Waals surface area contributed by atoms with E-state index < -0.39 is 16.1 Å². The normalized spacial score (nSPS) is 19.1. The number of rotatable bonds is 7. The van der Waals surface area contributed by atoms with Crippen molar-refractivity contribution in [2.24, 2.45) is 0 Å². The Hall–Kier alpha value is -2.46. The summed E-state index contributed by atoms with van der Waals surface area (Å²) in [5.41, 5.74) is 9.01. The van der Waals surface area contributed by atoms with Crippen molar-refractivity contribution in [3.63, 3.8) is 0 Å². The van der Waals surface area contributed by atoms with Gasteiger partial charge in [-0.25, -0.2) is 24.0 Å². The molecule has 1 aliphatic rings. The summed E-state index contributed by atoms with van der Waals surface area (Å²) >= 11 is 0. The molecule has 4 N–H and O–H groups in total. The second kappa shape index (κ2) is 8.91. The molecule has 2 unspecified atom stereocenters. The molecule has 1 aliphatic heterocycles. The lowest BCUT2D eigenvalue weighted by Crippen LogP contribution is -2.42. The Balaban J connectivity index is 1.67. The summed E-state index contributed by atoms with van der Waals surface area (Å²) in [6.07, 6.45) is 0.491. The van der Waals surface area contributed by atoms with Crippen molar-refractivity contribution in [3.8, 4) is 5.75 Å². The van der Waals surface area contributed by atoms with Gasteiger partial charge in [0.1, 0.15) is 16.7 Å². The number of hydrogen-bond acceptors (Lipinski definition) is 6. The number of amides is 1. The summed E-state index contributed by atoms with van der Waals surface area (Å²) in [7, 11) is -0.891. The summed E-state index contributed by atoms with van der Waals surface area (Å²) in [5, 5.41) is 2.94. The summed E-state index contributed by atoms with van der Waals surface area (Å²) in [5.74, 6) is 0.152. The van der Waals surface area contributed by atoms with Crippen molar-refractivity contribution in [3.05, 3.63) is 59.2 Å². The molecule has 1 fully saturated rings. The van der Waals surface area contributed by atoms with E-state index in [0.717, 1.165) is 16.7 Å². The number of sulfonamides is 1. The van der Waals surface area contributed by atoms with Gasteiger partial charge in [-0.3, -0.25) is 4.79 Å². The van der Waals surface area contributed by atoms with Crippen molar-refractivity contribution in [2.75, 3.05) is 14.2 Å². The minimum Gasteiger partial charge on any atom is -0.495 e.